The first-order valence-corrected chi connectivity index (χ1v) is 5.59. The molecular formula is C11H21NO. The highest BCUT2D eigenvalue weighted by atomic mass is 16.3. The van der Waals surface area contributed by atoms with Crippen molar-refractivity contribution in [1.29, 1.82) is 0 Å². The number of fused-ring (bicyclic) bond motifs is 1. The summed E-state index contributed by atoms with van der Waals surface area (Å²) in [5.41, 5.74) is 0. The van der Waals surface area contributed by atoms with Crippen LogP contribution in [0.3, 0.4) is 0 Å². The Morgan fingerprint density at radius 3 is 2.54 bits per heavy atom. The van der Waals surface area contributed by atoms with Crippen LogP contribution in [0.1, 0.15) is 33.1 Å². The number of aliphatic hydroxyl groups excluding tert-OH is 1. The van der Waals surface area contributed by atoms with Gasteiger partial charge in [0.25, 0.3) is 0 Å². The lowest BCUT2D eigenvalue weighted by Crippen LogP contribution is -2.28. The Bertz CT molecular complexity index is 181. The summed E-state index contributed by atoms with van der Waals surface area (Å²) in [6, 6.07) is 0.683. The van der Waals surface area contributed by atoms with Gasteiger partial charge in [0.05, 0.1) is 6.10 Å². The Hall–Kier alpha value is -0.0800. The molecule has 2 fully saturated rings. The van der Waals surface area contributed by atoms with Crippen LogP contribution in [-0.2, 0) is 0 Å². The van der Waals surface area contributed by atoms with E-state index < -0.39 is 0 Å². The second-order valence-electron chi connectivity index (χ2n) is 5.03. The molecule has 2 nitrogen and oxygen atoms in total. The van der Waals surface area contributed by atoms with Gasteiger partial charge < -0.3 is 10.0 Å². The van der Waals surface area contributed by atoms with E-state index in [-0.39, 0.29) is 6.10 Å². The monoisotopic (exact) mass is 183 g/mol. The fourth-order valence-corrected chi connectivity index (χ4v) is 2.86. The van der Waals surface area contributed by atoms with Gasteiger partial charge in [0.15, 0.2) is 0 Å². The van der Waals surface area contributed by atoms with Crippen molar-refractivity contribution in [3.63, 3.8) is 0 Å². The fraction of sp³-hybridized carbons (Fsp3) is 1.00. The van der Waals surface area contributed by atoms with Crippen molar-refractivity contribution in [2.75, 3.05) is 13.1 Å². The molecule has 0 aromatic carbocycles. The van der Waals surface area contributed by atoms with Crippen LogP contribution >= 0.6 is 0 Å². The van der Waals surface area contributed by atoms with Crippen molar-refractivity contribution in [3.8, 4) is 0 Å². The van der Waals surface area contributed by atoms with Gasteiger partial charge in [-0.2, -0.15) is 0 Å². The van der Waals surface area contributed by atoms with Gasteiger partial charge in [0.2, 0.25) is 0 Å². The zero-order valence-corrected chi connectivity index (χ0v) is 8.74. The molecule has 0 bridgehead atoms. The lowest BCUT2D eigenvalue weighted by Gasteiger charge is -2.27. The second kappa shape index (κ2) is 3.58. The van der Waals surface area contributed by atoms with E-state index in [1.165, 1.54) is 19.5 Å². The normalized spacial score (nSPS) is 41.1. The van der Waals surface area contributed by atoms with Crippen LogP contribution in [0, 0.1) is 11.8 Å². The molecular weight excluding hydrogens is 162 g/mol. The predicted octanol–water partition coefficient (Wildman–Crippen LogP) is 1.49. The molecule has 2 heteroatoms. The average molecular weight is 183 g/mol. The first kappa shape index (κ1) is 9.47. The van der Waals surface area contributed by atoms with Crippen LogP contribution in [-0.4, -0.2) is 35.2 Å². The summed E-state index contributed by atoms with van der Waals surface area (Å²) in [7, 11) is 0. The number of rotatable bonds is 1. The van der Waals surface area contributed by atoms with Gasteiger partial charge >= 0.3 is 0 Å². The second-order valence-corrected chi connectivity index (χ2v) is 5.03. The van der Waals surface area contributed by atoms with Gasteiger partial charge in [-0.15, -0.1) is 0 Å². The van der Waals surface area contributed by atoms with Crippen molar-refractivity contribution in [2.24, 2.45) is 11.8 Å². The van der Waals surface area contributed by atoms with Crippen LogP contribution in [0.2, 0.25) is 0 Å². The van der Waals surface area contributed by atoms with E-state index in [4.69, 9.17) is 0 Å². The highest BCUT2D eigenvalue weighted by molar-refractivity contribution is 4.90. The van der Waals surface area contributed by atoms with Gasteiger partial charge in [-0.05, 0) is 44.9 Å². The van der Waals surface area contributed by atoms with Crippen LogP contribution < -0.4 is 0 Å². The molecule has 1 heterocycles. The standard InChI is InChI=1S/C11H21NO/c1-8(2)12-6-9-3-4-11(13)5-10(9)7-12/h8-11,13H,3-7H2,1-2H3. The molecule has 1 saturated heterocycles. The van der Waals surface area contributed by atoms with E-state index in [2.05, 4.69) is 18.7 Å². The lowest BCUT2D eigenvalue weighted by atomic mass is 9.80. The zero-order chi connectivity index (χ0) is 9.42. The molecule has 0 radical (unpaired) electrons. The third-order valence-electron chi connectivity index (χ3n) is 3.78. The summed E-state index contributed by atoms with van der Waals surface area (Å²) in [5.74, 6) is 1.66. The molecule has 0 aromatic rings. The minimum atomic E-state index is -0.00615. The Labute approximate surface area is 80.9 Å². The SMILES string of the molecule is CC(C)N1CC2CCC(O)CC2C1. The van der Waals surface area contributed by atoms with Crippen molar-refractivity contribution in [2.45, 2.75) is 45.3 Å². The molecule has 1 aliphatic heterocycles. The van der Waals surface area contributed by atoms with E-state index in [1.807, 2.05) is 0 Å². The predicted molar refractivity (Wildman–Crippen MR) is 53.5 cm³/mol. The number of hydrogen-bond donors (Lipinski definition) is 1. The third-order valence-corrected chi connectivity index (χ3v) is 3.78. The van der Waals surface area contributed by atoms with Gasteiger partial charge in [-0.3, -0.25) is 0 Å². The molecule has 0 aromatic heterocycles. The summed E-state index contributed by atoms with van der Waals surface area (Å²) >= 11 is 0. The maximum absolute atomic E-state index is 9.56. The average Bonchev–Trinajstić information content (AvgIpc) is 2.46. The summed E-state index contributed by atoms with van der Waals surface area (Å²) < 4.78 is 0. The summed E-state index contributed by atoms with van der Waals surface area (Å²) in [6.07, 6.45) is 3.32. The Balaban J connectivity index is 1.94. The largest absolute Gasteiger partial charge is 0.393 e. The van der Waals surface area contributed by atoms with E-state index >= 15 is 0 Å². The number of nitrogens with zero attached hydrogens (tertiary/aromatic N) is 1. The number of aliphatic hydroxyl groups is 1. The smallest absolute Gasteiger partial charge is 0.0543 e. The maximum atomic E-state index is 9.56. The first-order valence-electron chi connectivity index (χ1n) is 5.59. The highest BCUT2D eigenvalue weighted by Gasteiger charge is 2.37. The van der Waals surface area contributed by atoms with Crippen molar-refractivity contribution in [1.82, 2.24) is 4.90 Å². The molecule has 2 rings (SSSR count). The topological polar surface area (TPSA) is 23.5 Å². The van der Waals surface area contributed by atoms with E-state index in [0.717, 1.165) is 24.7 Å². The minimum absolute atomic E-state index is 0.00615. The van der Waals surface area contributed by atoms with Crippen LogP contribution in [0.25, 0.3) is 0 Å². The minimum Gasteiger partial charge on any atom is -0.393 e. The molecule has 1 aliphatic carbocycles. The van der Waals surface area contributed by atoms with Crippen LogP contribution in [0.4, 0.5) is 0 Å². The molecule has 13 heavy (non-hydrogen) atoms. The summed E-state index contributed by atoms with van der Waals surface area (Å²) in [6.45, 7) is 7.04. The molecule has 76 valence electrons. The van der Waals surface area contributed by atoms with Crippen molar-refractivity contribution in [3.05, 3.63) is 0 Å². The van der Waals surface area contributed by atoms with E-state index in [9.17, 15) is 5.11 Å². The van der Waals surface area contributed by atoms with Gasteiger partial charge in [0.1, 0.15) is 0 Å². The van der Waals surface area contributed by atoms with E-state index in [1.54, 1.807) is 0 Å². The summed E-state index contributed by atoms with van der Waals surface area (Å²) in [4.78, 5) is 2.56. The molecule has 1 saturated carbocycles. The molecule has 0 spiro atoms. The maximum Gasteiger partial charge on any atom is 0.0543 e. The Kier molecular flexibility index (Phi) is 2.61. The van der Waals surface area contributed by atoms with E-state index in [0.29, 0.717) is 6.04 Å². The van der Waals surface area contributed by atoms with Gasteiger partial charge in [-0.25, -0.2) is 0 Å². The molecule has 3 unspecified atom stereocenters. The number of hydrogen-bond acceptors (Lipinski definition) is 2. The molecule has 3 atom stereocenters. The van der Waals surface area contributed by atoms with Gasteiger partial charge in [-0.1, -0.05) is 0 Å². The fourth-order valence-electron chi connectivity index (χ4n) is 2.86. The van der Waals surface area contributed by atoms with Crippen molar-refractivity contribution >= 4 is 0 Å². The number of likely N-dealkylation sites (tertiary alicyclic amines) is 1. The van der Waals surface area contributed by atoms with Crippen molar-refractivity contribution < 1.29 is 5.11 Å². The van der Waals surface area contributed by atoms with Gasteiger partial charge in [0, 0.05) is 19.1 Å². The third kappa shape index (κ3) is 1.89. The highest BCUT2D eigenvalue weighted by Crippen LogP contribution is 2.36. The van der Waals surface area contributed by atoms with Crippen LogP contribution in [0.5, 0.6) is 0 Å². The van der Waals surface area contributed by atoms with Crippen LogP contribution in [0.15, 0.2) is 0 Å². The first-order chi connectivity index (χ1) is 6.16. The zero-order valence-electron chi connectivity index (χ0n) is 8.74. The molecule has 1 N–H and O–H groups in total. The Morgan fingerprint density at radius 2 is 1.85 bits per heavy atom. The quantitative estimate of drug-likeness (QED) is 0.665. The lowest BCUT2D eigenvalue weighted by molar-refractivity contribution is 0.0865. The molecule has 0 amide bonds. The summed E-state index contributed by atoms with van der Waals surface area (Å²) in [5, 5.41) is 9.56. The Morgan fingerprint density at radius 1 is 1.15 bits per heavy atom. The molecule has 2 aliphatic rings.